The van der Waals surface area contributed by atoms with Crippen LogP contribution in [0.5, 0.6) is 0 Å². The fourth-order valence-electron chi connectivity index (χ4n) is 1.13. The molecule has 1 rings (SSSR count). The van der Waals surface area contributed by atoms with Crippen LogP contribution in [-0.4, -0.2) is 11.7 Å². The standard InChI is InChI=1S/C13H15ClO/c1-13(2,12(15)10-14)9-8-11-6-4-3-5-7-11/h3-9H,10H2,1-2H3. The molecule has 0 radical (unpaired) electrons. The van der Waals surface area contributed by atoms with Gasteiger partial charge in [-0.3, -0.25) is 4.79 Å². The second-order valence-corrected chi connectivity index (χ2v) is 4.29. The molecule has 0 aliphatic carbocycles. The number of carbonyl (C=O) groups excluding carboxylic acids is 1. The molecule has 1 aromatic carbocycles. The highest BCUT2D eigenvalue weighted by Gasteiger charge is 2.22. The maximum absolute atomic E-state index is 11.5. The van der Waals surface area contributed by atoms with E-state index in [0.717, 1.165) is 5.56 Å². The smallest absolute Gasteiger partial charge is 0.156 e. The molecule has 0 amide bonds. The van der Waals surface area contributed by atoms with Gasteiger partial charge < -0.3 is 0 Å². The third-order valence-electron chi connectivity index (χ3n) is 2.33. The maximum atomic E-state index is 11.5. The van der Waals surface area contributed by atoms with Crippen LogP contribution in [0, 0.1) is 5.41 Å². The Morgan fingerprint density at radius 2 is 1.93 bits per heavy atom. The van der Waals surface area contributed by atoms with Crippen molar-refractivity contribution in [2.24, 2.45) is 5.41 Å². The van der Waals surface area contributed by atoms with E-state index in [1.165, 1.54) is 0 Å². The van der Waals surface area contributed by atoms with Gasteiger partial charge in [0.15, 0.2) is 5.78 Å². The van der Waals surface area contributed by atoms with Crippen LogP contribution in [0.1, 0.15) is 19.4 Å². The fourth-order valence-corrected chi connectivity index (χ4v) is 1.48. The van der Waals surface area contributed by atoms with Crippen LogP contribution >= 0.6 is 11.6 Å². The highest BCUT2D eigenvalue weighted by Crippen LogP contribution is 2.20. The summed E-state index contributed by atoms with van der Waals surface area (Å²) in [4.78, 5) is 11.5. The van der Waals surface area contributed by atoms with Crippen molar-refractivity contribution in [1.82, 2.24) is 0 Å². The Labute approximate surface area is 95.8 Å². The molecule has 0 bridgehead atoms. The van der Waals surface area contributed by atoms with Gasteiger partial charge in [-0.05, 0) is 19.4 Å². The summed E-state index contributed by atoms with van der Waals surface area (Å²) in [5.41, 5.74) is 0.602. The molecule has 0 atom stereocenters. The predicted molar refractivity (Wildman–Crippen MR) is 65.0 cm³/mol. The average molecular weight is 223 g/mol. The molecule has 0 aliphatic heterocycles. The number of rotatable bonds is 4. The number of alkyl halides is 1. The number of hydrogen-bond acceptors (Lipinski definition) is 1. The van der Waals surface area contributed by atoms with Gasteiger partial charge in [0.2, 0.25) is 0 Å². The van der Waals surface area contributed by atoms with Gasteiger partial charge in [0.25, 0.3) is 0 Å². The lowest BCUT2D eigenvalue weighted by atomic mass is 9.88. The zero-order valence-corrected chi connectivity index (χ0v) is 9.79. The highest BCUT2D eigenvalue weighted by atomic mass is 35.5. The Hall–Kier alpha value is -1.08. The molecule has 0 saturated carbocycles. The van der Waals surface area contributed by atoms with Crippen molar-refractivity contribution in [3.05, 3.63) is 42.0 Å². The van der Waals surface area contributed by atoms with E-state index >= 15 is 0 Å². The van der Waals surface area contributed by atoms with E-state index in [2.05, 4.69) is 0 Å². The van der Waals surface area contributed by atoms with Crippen molar-refractivity contribution in [1.29, 1.82) is 0 Å². The topological polar surface area (TPSA) is 17.1 Å². The van der Waals surface area contributed by atoms with Crippen LogP contribution in [0.25, 0.3) is 6.08 Å². The van der Waals surface area contributed by atoms with Crippen molar-refractivity contribution < 1.29 is 4.79 Å². The summed E-state index contributed by atoms with van der Waals surface area (Å²) in [5, 5.41) is 0. The minimum absolute atomic E-state index is 0.0383. The normalized spacial score (nSPS) is 11.9. The van der Waals surface area contributed by atoms with Gasteiger partial charge in [0, 0.05) is 5.41 Å². The van der Waals surface area contributed by atoms with Crippen LogP contribution in [-0.2, 0) is 4.79 Å². The molecule has 1 nitrogen and oxygen atoms in total. The van der Waals surface area contributed by atoms with Crippen LogP contribution in [0.3, 0.4) is 0 Å². The number of allylic oxidation sites excluding steroid dienone is 1. The second kappa shape index (κ2) is 5.13. The number of Topliss-reactive ketones (excluding diaryl/α,β-unsaturated/α-hetero) is 1. The molecular weight excluding hydrogens is 208 g/mol. The average Bonchev–Trinajstić information content (AvgIpc) is 2.27. The zero-order chi connectivity index (χ0) is 11.3. The van der Waals surface area contributed by atoms with E-state index in [4.69, 9.17) is 11.6 Å². The van der Waals surface area contributed by atoms with Crippen LogP contribution in [0.4, 0.5) is 0 Å². The van der Waals surface area contributed by atoms with Gasteiger partial charge in [-0.15, -0.1) is 11.6 Å². The number of ketones is 1. The largest absolute Gasteiger partial charge is 0.297 e. The molecule has 80 valence electrons. The van der Waals surface area contributed by atoms with Gasteiger partial charge in [-0.2, -0.15) is 0 Å². The van der Waals surface area contributed by atoms with Gasteiger partial charge in [-0.1, -0.05) is 42.5 Å². The highest BCUT2D eigenvalue weighted by molar-refractivity contribution is 6.28. The van der Waals surface area contributed by atoms with Crippen molar-refractivity contribution in [3.63, 3.8) is 0 Å². The van der Waals surface area contributed by atoms with Gasteiger partial charge in [0.1, 0.15) is 0 Å². The third-order valence-corrected chi connectivity index (χ3v) is 2.57. The Morgan fingerprint density at radius 3 is 2.47 bits per heavy atom. The van der Waals surface area contributed by atoms with E-state index in [9.17, 15) is 4.79 Å². The lowest BCUT2D eigenvalue weighted by Crippen LogP contribution is -2.22. The number of halogens is 1. The molecule has 15 heavy (non-hydrogen) atoms. The molecule has 0 saturated heterocycles. The first-order valence-electron chi connectivity index (χ1n) is 4.90. The summed E-state index contributed by atoms with van der Waals surface area (Å²) < 4.78 is 0. The molecule has 0 aromatic heterocycles. The lowest BCUT2D eigenvalue weighted by molar-refractivity contribution is -0.122. The minimum atomic E-state index is -0.489. The molecule has 0 N–H and O–H groups in total. The van der Waals surface area contributed by atoms with Gasteiger partial charge in [-0.25, -0.2) is 0 Å². The predicted octanol–water partition coefficient (Wildman–Crippen LogP) is 3.53. The van der Waals surface area contributed by atoms with Gasteiger partial charge >= 0.3 is 0 Å². The molecule has 1 aromatic rings. The first-order chi connectivity index (χ1) is 7.06. The third kappa shape index (κ3) is 3.52. The monoisotopic (exact) mass is 222 g/mol. The Bertz CT molecular complexity index is 352. The summed E-state index contributed by atoms with van der Waals surface area (Å²) in [6.07, 6.45) is 3.84. The van der Waals surface area contributed by atoms with E-state index in [-0.39, 0.29) is 11.7 Å². The maximum Gasteiger partial charge on any atom is 0.156 e. The summed E-state index contributed by atoms with van der Waals surface area (Å²) in [6, 6.07) is 9.90. The molecule has 2 heteroatoms. The number of carbonyl (C=O) groups is 1. The lowest BCUT2D eigenvalue weighted by Gasteiger charge is -2.16. The Kier molecular flexibility index (Phi) is 4.10. The molecule has 0 heterocycles. The summed E-state index contributed by atoms with van der Waals surface area (Å²) in [7, 11) is 0. The van der Waals surface area contributed by atoms with Crippen LogP contribution in [0.2, 0.25) is 0 Å². The fraction of sp³-hybridized carbons (Fsp3) is 0.308. The second-order valence-electron chi connectivity index (χ2n) is 4.02. The minimum Gasteiger partial charge on any atom is -0.297 e. The Morgan fingerprint density at radius 1 is 1.33 bits per heavy atom. The quantitative estimate of drug-likeness (QED) is 0.713. The molecule has 0 spiro atoms. The van der Waals surface area contributed by atoms with Gasteiger partial charge in [0.05, 0.1) is 5.88 Å². The first-order valence-corrected chi connectivity index (χ1v) is 5.43. The summed E-state index contributed by atoms with van der Waals surface area (Å²) >= 11 is 5.53. The van der Waals surface area contributed by atoms with Crippen molar-refractivity contribution >= 4 is 23.5 Å². The van der Waals surface area contributed by atoms with Crippen molar-refractivity contribution in [2.75, 3.05) is 5.88 Å². The SMILES string of the molecule is CC(C)(C=Cc1ccccc1)C(=O)CCl. The van der Waals surface area contributed by atoms with E-state index in [1.54, 1.807) is 0 Å². The van der Waals surface area contributed by atoms with Crippen LogP contribution in [0.15, 0.2) is 36.4 Å². The van der Waals surface area contributed by atoms with Crippen molar-refractivity contribution in [3.8, 4) is 0 Å². The van der Waals surface area contributed by atoms with Crippen molar-refractivity contribution in [2.45, 2.75) is 13.8 Å². The summed E-state index contributed by atoms with van der Waals surface area (Å²) in [5.74, 6) is 0.0999. The van der Waals surface area contributed by atoms with E-state index in [1.807, 2.05) is 56.3 Å². The first kappa shape index (κ1) is 12.0. The number of benzene rings is 1. The molecular formula is C13H15ClO. The molecule has 0 aliphatic rings. The van der Waals surface area contributed by atoms with Crippen LogP contribution < -0.4 is 0 Å². The molecule has 0 fully saturated rings. The summed E-state index contributed by atoms with van der Waals surface area (Å²) in [6.45, 7) is 3.74. The number of hydrogen-bond donors (Lipinski definition) is 0. The molecule has 0 unspecified atom stereocenters. The van der Waals surface area contributed by atoms with E-state index in [0.29, 0.717) is 0 Å². The Balaban J connectivity index is 2.77. The zero-order valence-electron chi connectivity index (χ0n) is 9.03. The van der Waals surface area contributed by atoms with E-state index < -0.39 is 5.41 Å².